The molecule has 0 aliphatic carbocycles. The number of carbonyl (C=O) groups excluding carboxylic acids is 2. The number of carbonyl (C=O) groups is 2. The third kappa shape index (κ3) is 7.96. The summed E-state index contributed by atoms with van der Waals surface area (Å²) in [4.78, 5) is 41.8. The Balaban J connectivity index is 0.00000312. The molecule has 0 saturated carbocycles. The van der Waals surface area contributed by atoms with Gasteiger partial charge in [0, 0.05) is 18.0 Å². The molecule has 26 heavy (non-hydrogen) atoms. The molecule has 0 bridgehead atoms. The molecule has 0 aliphatic rings. The number of aromatic amines is 1. The second-order valence-electron chi connectivity index (χ2n) is 5.05. The Labute approximate surface area is 180 Å². The van der Waals surface area contributed by atoms with Crippen LogP contribution in [0.2, 0.25) is 0 Å². The topological polar surface area (TPSA) is 133 Å². The molecule has 0 aromatic carbocycles. The standard InChI is InChI=1S/C14H18N4O4PS.2Li/c1-2-3-23(22)18-11(5-10-7-24-8-16-10)13(19)17-9-4-12(14(20)21)15-6-9;;/h4,6-8,11,15,18H,2-3,5H2,1H3,(H,17,19)(H,20,21);;/q-1;2*+1/p-1. The van der Waals surface area contributed by atoms with Crippen molar-refractivity contribution in [3.05, 3.63) is 34.5 Å². The zero-order valence-corrected chi connectivity index (χ0v) is 16.7. The van der Waals surface area contributed by atoms with Gasteiger partial charge in [0.05, 0.1) is 34.6 Å². The van der Waals surface area contributed by atoms with Gasteiger partial charge in [-0.1, -0.05) is 13.3 Å². The van der Waals surface area contributed by atoms with Gasteiger partial charge in [0.15, 0.2) is 0 Å². The van der Waals surface area contributed by atoms with Gasteiger partial charge in [-0.15, -0.1) is 19.6 Å². The number of hydrogen-bond acceptors (Lipinski definition) is 7. The van der Waals surface area contributed by atoms with Crippen molar-refractivity contribution >= 4 is 37.2 Å². The second-order valence-corrected chi connectivity index (χ2v) is 7.23. The first-order chi connectivity index (χ1) is 11.5. The Hall–Kier alpha value is -0.605. The van der Waals surface area contributed by atoms with Crippen molar-refractivity contribution < 1.29 is 57.3 Å². The van der Waals surface area contributed by atoms with Crippen molar-refractivity contribution in [2.24, 2.45) is 0 Å². The fourth-order valence-corrected chi connectivity index (χ4v) is 3.66. The first kappa shape index (κ1) is 25.4. The van der Waals surface area contributed by atoms with Crippen LogP contribution in [0.4, 0.5) is 5.69 Å². The molecule has 0 spiro atoms. The maximum Gasteiger partial charge on any atom is 1.00 e. The number of rotatable bonds is 9. The van der Waals surface area contributed by atoms with E-state index < -0.39 is 26.2 Å². The molecule has 2 heterocycles. The zero-order valence-electron chi connectivity index (χ0n) is 14.9. The van der Waals surface area contributed by atoms with Crippen molar-refractivity contribution in [3.8, 4) is 0 Å². The van der Waals surface area contributed by atoms with Crippen molar-refractivity contribution in [2.75, 3.05) is 11.5 Å². The van der Waals surface area contributed by atoms with Gasteiger partial charge in [0.25, 0.3) is 0 Å². The van der Waals surface area contributed by atoms with Crippen LogP contribution in [-0.4, -0.2) is 34.0 Å². The Morgan fingerprint density at radius 1 is 1.42 bits per heavy atom. The van der Waals surface area contributed by atoms with E-state index in [1.807, 2.05) is 12.3 Å². The summed E-state index contributed by atoms with van der Waals surface area (Å²) in [6, 6.07) is 0.530. The first-order valence-electron chi connectivity index (χ1n) is 7.28. The van der Waals surface area contributed by atoms with E-state index in [-0.39, 0.29) is 49.8 Å². The molecule has 0 fully saturated rings. The molecule has 2 unspecified atom stereocenters. The van der Waals surface area contributed by atoms with E-state index in [0.717, 1.165) is 12.1 Å². The molecule has 1 amide bonds. The van der Waals surface area contributed by atoms with Gasteiger partial charge in [-0.25, -0.2) is 4.98 Å². The van der Waals surface area contributed by atoms with E-state index in [1.54, 1.807) is 5.51 Å². The molecule has 0 aliphatic heterocycles. The number of amides is 1. The van der Waals surface area contributed by atoms with Crippen molar-refractivity contribution in [3.63, 3.8) is 0 Å². The number of nitrogens with one attached hydrogen (secondary N) is 3. The van der Waals surface area contributed by atoms with Crippen LogP contribution < -0.4 is 58.1 Å². The third-order valence-corrected chi connectivity index (χ3v) is 5.20. The second kappa shape index (κ2) is 12.7. The molecule has 8 nitrogen and oxygen atoms in total. The minimum Gasteiger partial charge on any atom is -0.818 e. The monoisotopic (exact) mass is 382 g/mol. The molecule has 130 valence electrons. The molecular weight excluding hydrogens is 365 g/mol. The van der Waals surface area contributed by atoms with E-state index in [2.05, 4.69) is 20.4 Å². The van der Waals surface area contributed by atoms with Gasteiger partial charge >= 0.3 is 37.7 Å². The summed E-state index contributed by atoms with van der Waals surface area (Å²) in [5.74, 6) is -1.77. The van der Waals surface area contributed by atoms with Gasteiger partial charge in [0.1, 0.15) is 0 Å². The van der Waals surface area contributed by atoms with E-state index in [4.69, 9.17) is 0 Å². The predicted octanol–water partition coefficient (Wildman–Crippen LogP) is -5.94. The number of hydrogen-bond donors (Lipinski definition) is 3. The molecule has 2 atom stereocenters. The molecule has 2 aromatic rings. The van der Waals surface area contributed by atoms with Crippen LogP contribution in [0.1, 0.15) is 29.5 Å². The first-order valence-corrected chi connectivity index (χ1v) is 9.67. The van der Waals surface area contributed by atoms with Crippen LogP contribution in [0.3, 0.4) is 0 Å². The summed E-state index contributed by atoms with van der Waals surface area (Å²) in [6.07, 6.45) is 2.85. The predicted molar refractivity (Wildman–Crippen MR) is 88.6 cm³/mol. The van der Waals surface area contributed by atoms with Gasteiger partial charge in [-0.2, -0.15) is 0 Å². The average molecular weight is 382 g/mol. The maximum atomic E-state index is 12.5. The molecule has 3 N–H and O–H groups in total. The van der Waals surface area contributed by atoms with Crippen molar-refractivity contribution in [1.82, 2.24) is 15.1 Å². The van der Waals surface area contributed by atoms with Gasteiger partial charge in [0.2, 0.25) is 5.91 Å². The molecule has 12 heteroatoms. The summed E-state index contributed by atoms with van der Waals surface area (Å²) >= 11 is 1.41. The Bertz CT molecular complexity index is 686. The van der Waals surface area contributed by atoms with Gasteiger partial charge < -0.3 is 25.1 Å². The van der Waals surface area contributed by atoms with E-state index in [1.165, 1.54) is 23.6 Å². The summed E-state index contributed by atoms with van der Waals surface area (Å²) in [6.45, 7) is 1.91. The fourth-order valence-electron chi connectivity index (χ4n) is 2.00. The number of anilines is 1. The minimum absolute atomic E-state index is 0. The number of thiazole rings is 1. The number of H-pyrrole nitrogens is 1. The SMILES string of the molecule is CCCP([O-])NC(Cc1cscn1)C(=O)Nc1c[nH]c(C(=O)[O-])c1.[Li+].[Li+]. The maximum absolute atomic E-state index is 12.5. The summed E-state index contributed by atoms with van der Waals surface area (Å²) in [5.41, 5.74) is 2.55. The largest absolute Gasteiger partial charge is 1.00 e. The molecule has 0 radical (unpaired) electrons. The van der Waals surface area contributed by atoms with Crippen LogP contribution in [0.15, 0.2) is 23.2 Å². The number of carboxylic acids is 1. The fraction of sp³-hybridized carbons (Fsp3) is 0.357. The third-order valence-electron chi connectivity index (χ3n) is 3.11. The summed E-state index contributed by atoms with van der Waals surface area (Å²) < 4.78 is 0. The Kier molecular flexibility index (Phi) is 12.4. The van der Waals surface area contributed by atoms with E-state index >= 15 is 0 Å². The van der Waals surface area contributed by atoms with E-state index in [0.29, 0.717) is 11.8 Å². The number of aromatic carboxylic acids is 1. The van der Waals surface area contributed by atoms with Crippen LogP contribution in [0, 0.1) is 0 Å². The smallest absolute Gasteiger partial charge is 0.818 e. The van der Waals surface area contributed by atoms with Crippen LogP contribution in [0.25, 0.3) is 0 Å². The number of aromatic nitrogens is 2. The summed E-state index contributed by atoms with van der Waals surface area (Å²) in [7, 11) is -1.71. The molecule has 0 saturated heterocycles. The molecular formula is C14H17Li2N4O4PS. The Morgan fingerprint density at radius 3 is 2.69 bits per heavy atom. The Morgan fingerprint density at radius 2 is 2.15 bits per heavy atom. The van der Waals surface area contributed by atoms with Crippen LogP contribution in [-0.2, 0) is 11.2 Å². The quantitative estimate of drug-likeness (QED) is 0.292. The zero-order chi connectivity index (χ0) is 17.5. The molecule has 2 rings (SSSR count). The van der Waals surface area contributed by atoms with Crippen molar-refractivity contribution in [1.29, 1.82) is 0 Å². The number of carboxylic acid groups (broad SMARTS) is 1. The van der Waals surface area contributed by atoms with Crippen molar-refractivity contribution in [2.45, 2.75) is 25.8 Å². The summed E-state index contributed by atoms with van der Waals surface area (Å²) in [5, 5.41) is 18.0. The molecule has 2 aromatic heterocycles. The van der Waals surface area contributed by atoms with Crippen LogP contribution in [0.5, 0.6) is 0 Å². The van der Waals surface area contributed by atoms with E-state index in [9.17, 15) is 19.6 Å². The van der Waals surface area contributed by atoms with Gasteiger partial charge in [-0.05, 0) is 12.2 Å². The average Bonchev–Trinajstić information content (AvgIpc) is 3.18. The van der Waals surface area contributed by atoms with Gasteiger partial charge in [-0.3, -0.25) is 9.88 Å². The number of nitrogens with zero attached hydrogens (tertiary/aromatic N) is 1. The minimum atomic E-state index is -1.71. The normalized spacial score (nSPS) is 12.4. The van der Waals surface area contributed by atoms with Crippen LogP contribution >= 0.6 is 19.6 Å².